The Morgan fingerprint density at radius 3 is 2.80 bits per heavy atom. The van der Waals surface area contributed by atoms with Crippen LogP contribution < -0.4 is 5.43 Å². The fourth-order valence-corrected chi connectivity index (χ4v) is 2.63. The average Bonchev–Trinajstić information content (AvgIpc) is 2.43. The molecule has 0 spiro atoms. The number of nitrogens with one attached hydrogen (secondary N) is 1. The first kappa shape index (κ1) is 15.4. The predicted octanol–water partition coefficient (Wildman–Crippen LogP) is 1.48. The molecule has 1 saturated heterocycles. The summed E-state index contributed by atoms with van der Waals surface area (Å²) in [7, 11) is 0. The van der Waals surface area contributed by atoms with Crippen molar-refractivity contribution in [3.05, 3.63) is 23.3 Å². The molecule has 0 aromatic rings. The van der Waals surface area contributed by atoms with E-state index in [9.17, 15) is 4.79 Å². The van der Waals surface area contributed by atoms with E-state index in [-0.39, 0.29) is 17.2 Å². The standard InChI is InChI=1S/C13H17Cl2N3O2/c1-9(19)13(18-5-7-20-8-6-18)17-16-12-10(14)3-2-4-11(12)15/h2-4,10,12,16H,5-8H2,1H3/b17-13+/t10-,12-/m0/s1. The second-order valence-electron chi connectivity index (χ2n) is 4.58. The molecular weight excluding hydrogens is 301 g/mol. The van der Waals surface area contributed by atoms with Gasteiger partial charge in [-0.3, -0.25) is 10.2 Å². The van der Waals surface area contributed by atoms with E-state index in [0.717, 1.165) is 0 Å². The number of hydrogen-bond acceptors (Lipinski definition) is 4. The van der Waals surface area contributed by atoms with E-state index in [4.69, 9.17) is 27.9 Å². The molecule has 0 aromatic heterocycles. The van der Waals surface area contributed by atoms with E-state index < -0.39 is 0 Å². The number of halogens is 2. The van der Waals surface area contributed by atoms with Crippen molar-refractivity contribution in [3.63, 3.8) is 0 Å². The van der Waals surface area contributed by atoms with Crippen LogP contribution in [-0.4, -0.2) is 54.2 Å². The van der Waals surface area contributed by atoms with Gasteiger partial charge in [0.05, 0.1) is 24.6 Å². The van der Waals surface area contributed by atoms with Crippen LogP contribution in [0.4, 0.5) is 0 Å². The van der Waals surface area contributed by atoms with Crippen molar-refractivity contribution >= 4 is 34.8 Å². The summed E-state index contributed by atoms with van der Waals surface area (Å²) >= 11 is 12.3. The Morgan fingerprint density at radius 2 is 2.20 bits per heavy atom. The lowest BCUT2D eigenvalue weighted by atomic mass is 10.1. The molecule has 2 atom stereocenters. The first-order valence-electron chi connectivity index (χ1n) is 6.44. The van der Waals surface area contributed by atoms with Crippen LogP contribution in [0.3, 0.4) is 0 Å². The van der Waals surface area contributed by atoms with Gasteiger partial charge in [-0.2, -0.15) is 5.10 Å². The molecule has 0 bridgehead atoms. The van der Waals surface area contributed by atoms with Gasteiger partial charge in [0.25, 0.3) is 0 Å². The number of nitrogens with zero attached hydrogens (tertiary/aromatic N) is 2. The van der Waals surface area contributed by atoms with E-state index in [0.29, 0.717) is 37.2 Å². The maximum atomic E-state index is 11.7. The minimum Gasteiger partial charge on any atom is -0.378 e. The highest BCUT2D eigenvalue weighted by atomic mass is 35.5. The van der Waals surface area contributed by atoms with Gasteiger partial charge in [-0.1, -0.05) is 23.8 Å². The Balaban J connectivity index is 2.07. The van der Waals surface area contributed by atoms with Crippen LogP contribution in [-0.2, 0) is 9.53 Å². The largest absolute Gasteiger partial charge is 0.378 e. The fraction of sp³-hybridized carbons (Fsp3) is 0.538. The van der Waals surface area contributed by atoms with Gasteiger partial charge in [-0.15, -0.1) is 11.6 Å². The highest BCUT2D eigenvalue weighted by molar-refractivity contribution is 6.37. The monoisotopic (exact) mass is 317 g/mol. The van der Waals surface area contributed by atoms with Crippen LogP contribution >= 0.6 is 23.2 Å². The van der Waals surface area contributed by atoms with Gasteiger partial charge >= 0.3 is 0 Å². The van der Waals surface area contributed by atoms with Crippen LogP contribution in [0.25, 0.3) is 0 Å². The molecule has 110 valence electrons. The molecular formula is C13H17Cl2N3O2. The molecule has 20 heavy (non-hydrogen) atoms. The number of amidine groups is 1. The number of Topliss-reactive ketones (excluding diaryl/α,β-unsaturated/α-hetero) is 1. The summed E-state index contributed by atoms with van der Waals surface area (Å²) in [6.45, 7) is 3.98. The third kappa shape index (κ3) is 3.75. The molecule has 0 aromatic carbocycles. The van der Waals surface area contributed by atoms with Crippen molar-refractivity contribution in [2.24, 2.45) is 5.10 Å². The van der Waals surface area contributed by atoms with Gasteiger partial charge in [0.15, 0.2) is 11.6 Å². The van der Waals surface area contributed by atoms with E-state index >= 15 is 0 Å². The summed E-state index contributed by atoms with van der Waals surface area (Å²) in [5, 5.41) is 4.49. The van der Waals surface area contributed by atoms with Crippen LogP contribution in [0.5, 0.6) is 0 Å². The van der Waals surface area contributed by atoms with E-state index in [1.807, 2.05) is 11.0 Å². The number of rotatable bonds is 3. The number of ketones is 1. The Labute approximate surface area is 128 Å². The molecule has 1 aliphatic heterocycles. The molecule has 1 fully saturated rings. The molecule has 5 nitrogen and oxygen atoms in total. The molecule has 0 unspecified atom stereocenters. The molecule has 2 aliphatic rings. The van der Waals surface area contributed by atoms with Gasteiger partial charge in [-0.05, 0) is 6.08 Å². The minimum atomic E-state index is -0.321. The summed E-state index contributed by atoms with van der Waals surface area (Å²) in [5.74, 6) is 0.285. The summed E-state index contributed by atoms with van der Waals surface area (Å²) in [6, 6.07) is -0.321. The average molecular weight is 318 g/mol. The molecule has 0 amide bonds. The summed E-state index contributed by atoms with van der Waals surface area (Å²) in [6.07, 6.45) is 5.38. The van der Waals surface area contributed by atoms with Crippen molar-refractivity contribution in [1.29, 1.82) is 0 Å². The smallest absolute Gasteiger partial charge is 0.196 e. The van der Waals surface area contributed by atoms with Gasteiger partial charge in [0.1, 0.15) is 0 Å². The third-order valence-corrected chi connectivity index (χ3v) is 3.86. The fourth-order valence-electron chi connectivity index (χ4n) is 2.03. The Kier molecular flexibility index (Phi) is 5.46. The first-order valence-corrected chi connectivity index (χ1v) is 7.26. The van der Waals surface area contributed by atoms with Gasteiger partial charge in [0.2, 0.25) is 0 Å². The number of allylic oxidation sites excluding steroid dienone is 2. The second-order valence-corrected chi connectivity index (χ2v) is 5.52. The third-order valence-electron chi connectivity index (χ3n) is 3.10. The van der Waals surface area contributed by atoms with Gasteiger partial charge in [0, 0.05) is 25.0 Å². The zero-order chi connectivity index (χ0) is 14.5. The summed E-state index contributed by atoms with van der Waals surface area (Å²) in [4.78, 5) is 13.6. The Bertz CT molecular complexity index is 457. The quantitative estimate of drug-likeness (QED) is 0.371. The zero-order valence-electron chi connectivity index (χ0n) is 11.2. The zero-order valence-corrected chi connectivity index (χ0v) is 12.7. The second kappa shape index (κ2) is 7.11. The highest BCUT2D eigenvalue weighted by Crippen LogP contribution is 2.21. The van der Waals surface area contributed by atoms with Crippen molar-refractivity contribution in [3.8, 4) is 0 Å². The van der Waals surface area contributed by atoms with Crippen LogP contribution in [0.1, 0.15) is 6.92 Å². The van der Waals surface area contributed by atoms with Gasteiger partial charge < -0.3 is 9.64 Å². The number of carbonyl (C=O) groups is 1. The van der Waals surface area contributed by atoms with Crippen molar-refractivity contribution in [2.45, 2.75) is 18.3 Å². The number of morpholine rings is 1. The maximum absolute atomic E-state index is 11.7. The van der Waals surface area contributed by atoms with Gasteiger partial charge in [-0.25, -0.2) is 0 Å². The van der Waals surface area contributed by atoms with Crippen molar-refractivity contribution in [1.82, 2.24) is 10.3 Å². The lowest BCUT2D eigenvalue weighted by Gasteiger charge is -2.29. The van der Waals surface area contributed by atoms with E-state index in [1.165, 1.54) is 6.92 Å². The highest BCUT2D eigenvalue weighted by Gasteiger charge is 2.24. The Morgan fingerprint density at radius 1 is 1.50 bits per heavy atom. The molecule has 1 heterocycles. The molecule has 7 heteroatoms. The number of hydrogen-bond donors (Lipinski definition) is 1. The SMILES string of the molecule is CC(=O)/C(=N\N[C@@H]1C(Cl)=CC=C[C@@H]1Cl)N1CCOCC1. The number of carbonyl (C=O) groups excluding carboxylic acids is 1. The molecule has 2 rings (SSSR count). The van der Waals surface area contributed by atoms with Crippen LogP contribution in [0.15, 0.2) is 28.4 Å². The lowest BCUT2D eigenvalue weighted by Crippen LogP contribution is -2.45. The Hall–Kier alpha value is -1.04. The summed E-state index contributed by atoms with van der Waals surface area (Å²) < 4.78 is 5.27. The number of hydrazone groups is 1. The van der Waals surface area contributed by atoms with E-state index in [1.54, 1.807) is 12.2 Å². The predicted molar refractivity (Wildman–Crippen MR) is 80.1 cm³/mol. The first-order chi connectivity index (χ1) is 9.59. The van der Waals surface area contributed by atoms with E-state index in [2.05, 4.69) is 10.5 Å². The molecule has 1 aliphatic carbocycles. The number of ether oxygens (including phenoxy) is 1. The lowest BCUT2D eigenvalue weighted by molar-refractivity contribution is -0.112. The summed E-state index contributed by atoms with van der Waals surface area (Å²) in [5.41, 5.74) is 2.90. The van der Waals surface area contributed by atoms with Crippen molar-refractivity contribution < 1.29 is 9.53 Å². The normalized spacial score (nSPS) is 27.2. The number of alkyl halides is 1. The molecule has 0 saturated carbocycles. The van der Waals surface area contributed by atoms with Crippen LogP contribution in [0, 0.1) is 0 Å². The minimum absolute atomic E-state index is 0.100. The maximum Gasteiger partial charge on any atom is 0.196 e. The van der Waals surface area contributed by atoms with Crippen molar-refractivity contribution in [2.75, 3.05) is 26.3 Å². The molecule has 0 radical (unpaired) electrons. The topological polar surface area (TPSA) is 53.9 Å². The van der Waals surface area contributed by atoms with Crippen LogP contribution in [0.2, 0.25) is 0 Å². The molecule has 1 N–H and O–H groups in total.